The van der Waals surface area contributed by atoms with E-state index in [0.29, 0.717) is 11.3 Å². The Kier molecular flexibility index (Phi) is 1.66. The van der Waals surface area contributed by atoms with E-state index in [0.717, 1.165) is 0 Å². The van der Waals surface area contributed by atoms with Crippen molar-refractivity contribution in [2.75, 3.05) is 0 Å². The van der Waals surface area contributed by atoms with Crippen LogP contribution in [-0.4, -0.2) is 20.2 Å². The highest BCUT2D eigenvalue weighted by Gasteiger charge is 2.07. The molecular weight excluding hydrogens is 166 g/mol. The number of hydrogen-bond acceptors (Lipinski definition) is 3. The molecule has 0 aliphatic heterocycles. The number of rotatable bonds is 2. The Hall–Kier alpha value is -1.97. The van der Waals surface area contributed by atoms with Gasteiger partial charge in [-0.3, -0.25) is 14.2 Å². The van der Waals surface area contributed by atoms with Gasteiger partial charge in [-0.2, -0.15) is 0 Å². The number of aromatic nitrogens is 3. The fourth-order valence-electron chi connectivity index (χ4n) is 1.13. The van der Waals surface area contributed by atoms with Crippen molar-refractivity contribution in [3.63, 3.8) is 0 Å². The SMILES string of the molecule is C=CC(=O)c1cnc2cnccn12. The van der Waals surface area contributed by atoms with Crippen LogP contribution in [0.25, 0.3) is 5.65 Å². The van der Waals surface area contributed by atoms with Crippen molar-refractivity contribution < 1.29 is 4.79 Å². The van der Waals surface area contributed by atoms with E-state index in [1.165, 1.54) is 12.3 Å². The van der Waals surface area contributed by atoms with Crippen molar-refractivity contribution >= 4 is 11.4 Å². The molecule has 0 amide bonds. The molecule has 0 saturated carbocycles. The third-order valence-corrected chi connectivity index (χ3v) is 1.76. The summed E-state index contributed by atoms with van der Waals surface area (Å²) in [6.45, 7) is 3.42. The van der Waals surface area contributed by atoms with Crippen LogP contribution in [0, 0.1) is 0 Å². The number of carbonyl (C=O) groups is 1. The molecule has 0 atom stereocenters. The maximum Gasteiger partial charge on any atom is 0.203 e. The molecule has 0 aliphatic carbocycles. The average Bonchev–Trinajstić information content (AvgIpc) is 2.60. The molecule has 0 saturated heterocycles. The van der Waals surface area contributed by atoms with E-state index in [9.17, 15) is 4.79 Å². The highest BCUT2D eigenvalue weighted by molar-refractivity contribution is 6.03. The van der Waals surface area contributed by atoms with E-state index in [-0.39, 0.29) is 5.78 Å². The first-order chi connectivity index (χ1) is 6.33. The third kappa shape index (κ3) is 1.12. The van der Waals surface area contributed by atoms with Gasteiger partial charge in [-0.05, 0) is 6.08 Å². The molecule has 0 N–H and O–H groups in total. The average molecular weight is 173 g/mol. The minimum atomic E-state index is -0.140. The molecule has 0 bridgehead atoms. The largest absolute Gasteiger partial charge is 0.294 e. The Balaban J connectivity index is 2.71. The van der Waals surface area contributed by atoms with Gasteiger partial charge in [0.1, 0.15) is 5.69 Å². The molecule has 2 aromatic rings. The van der Waals surface area contributed by atoms with Crippen LogP contribution in [0.15, 0.2) is 37.4 Å². The molecule has 0 fully saturated rings. The third-order valence-electron chi connectivity index (χ3n) is 1.76. The summed E-state index contributed by atoms with van der Waals surface area (Å²) in [6.07, 6.45) is 7.68. The topological polar surface area (TPSA) is 47.3 Å². The number of nitrogens with zero attached hydrogens (tertiary/aromatic N) is 3. The summed E-state index contributed by atoms with van der Waals surface area (Å²) in [7, 11) is 0. The van der Waals surface area contributed by atoms with Crippen molar-refractivity contribution in [3.8, 4) is 0 Å². The summed E-state index contributed by atoms with van der Waals surface area (Å²) in [4.78, 5) is 19.2. The van der Waals surface area contributed by atoms with E-state index < -0.39 is 0 Å². The highest BCUT2D eigenvalue weighted by atomic mass is 16.1. The van der Waals surface area contributed by atoms with Crippen LogP contribution >= 0.6 is 0 Å². The van der Waals surface area contributed by atoms with E-state index in [4.69, 9.17) is 0 Å². The first-order valence-electron chi connectivity index (χ1n) is 3.77. The van der Waals surface area contributed by atoms with Crippen molar-refractivity contribution in [2.24, 2.45) is 0 Å². The predicted molar refractivity (Wildman–Crippen MR) is 47.5 cm³/mol. The zero-order chi connectivity index (χ0) is 9.26. The van der Waals surface area contributed by atoms with E-state index in [1.54, 1.807) is 23.0 Å². The molecule has 0 aromatic carbocycles. The molecule has 13 heavy (non-hydrogen) atoms. The van der Waals surface area contributed by atoms with Crippen molar-refractivity contribution in [1.82, 2.24) is 14.4 Å². The minimum absolute atomic E-state index is 0.140. The first-order valence-corrected chi connectivity index (χ1v) is 3.77. The van der Waals surface area contributed by atoms with Gasteiger partial charge in [-0.15, -0.1) is 0 Å². The number of ketones is 1. The van der Waals surface area contributed by atoms with Gasteiger partial charge in [-0.1, -0.05) is 6.58 Å². The highest BCUT2D eigenvalue weighted by Crippen LogP contribution is 2.05. The maximum atomic E-state index is 11.3. The molecule has 2 heterocycles. The Morgan fingerprint density at radius 3 is 3.15 bits per heavy atom. The van der Waals surface area contributed by atoms with Crippen molar-refractivity contribution in [2.45, 2.75) is 0 Å². The number of imidazole rings is 1. The minimum Gasteiger partial charge on any atom is -0.294 e. The fourth-order valence-corrected chi connectivity index (χ4v) is 1.13. The predicted octanol–water partition coefficient (Wildman–Crippen LogP) is 1.10. The summed E-state index contributed by atoms with van der Waals surface area (Å²) in [5.41, 5.74) is 1.17. The van der Waals surface area contributed by atoms with Crippen LogP contribution in [0.1, 0.15) is 10.5 Å². The lowest BCUT2D eigenvalue weighted by Crippen LogP contribution is -1.99. The summed E-state index contributed by atoms with van der Waals surface area (Å²) in [5, 5.41) is 0. The summed E-state index contributed by atoms with van der Waals surface area (Å²) in [6, 6.07) is 0. The van der Waals surface area contributed by atoms with E-state index in [1.807, 2.05) is 0 Å². The van der Waals surface area contributed by atoms with Crippen LogP contribution in [0.4, 0.5) is 0 Å². The van der Waals surface area contributed by atoms with Crippen LogP contribution < -0.4 is 0 Å². The van der Waals surface area contributed by atoms with Crippen molar-refractivity contribution in [3.05, 3.63) is 43.1 Å². The second-order valence-electron chi connectivity index (χ2n) is 2.52. The molecule has 0 unspecified atom stereocenters. The van der Waals surface area contributed by atoms with E-state index in [2.05, 4.69) is 16.5 Å². The van der Waals surface area contributed by atoms with Gasteiger partial charge in [0.25, 0.3) is 0 Å². The lowest BCUT2D eigenvalue weighted by molar-refractivity contribution is 0.104. The normalized spacial score (nSPS) is 10.2. The van der Waals surface area contributed by atoms with Gasteiger partial charge in [0.2, 0.25) is 5.78 Å². The van der Waals surface area contributed by atoms with Gasteiger partial charge >= 0.3 is 0 Å². The van der Waals surface area contributed by atoms with Crippen LogP contribution in [0.3, 0.4) is 0 Å². The molecule has 2 rings (SSSR count). The van der Waals surface area contributed by atoms with Crippen LogP contribution in [-0.2, 0) is 0 Å². The smallest absolute Gasteiger partial charge is 0.203 e. The van der Waals surface area contributed by atoms with Gasteiger partial charge in [-0.25, -0.2) is 4.98 Å². The molecular formula is C9H7N3O. The fraction of sp³-hybridized carbons (Fsp3) is 0. The maximum absolute atomic E-state index is 11.3. The van der Waals surface area contributed by atoms with Gasteiger partial charge in [0.05, 0.1) is 12.4 Å². The standard InChI is InChI=1S/C9H7N3O/c1-2-8(13)7-5-11-9-6-10-3-4-12(7)9/h2-6H,1H2. The van der Waals surface area contributed by atoms with Gasteiger partial charge in [0.15, 0.2) is 5.65 Å². The molecule has 4 nitrogen and oxygen atoms in total. The van der Waals surface area contributed by atoms with Crippen molar-refractivity contribution in [1.29, 1.82) is 0 Å². The number of hydrogen-bond donors (Lipinski definition) is 0. The van der Waals surface area contributed by atoms with Gasteiger partial charge < -0.3 is 0 Å². The molecule has 0 aliphatic rings. The van der Waals surface area contributed by atoms with Crippen LogP contribution in [0.5, 0.6) is 0 Å². The zero-order valence-electron chi connectivity index (χ0n) is 6.84. The van der Waals surface area contributed by atoms with Gasteiger partial charge in [0, 0.05) is 12.4 Å². The van der Waals surface area contributed by atoms with E-state index >= 15 is 0 Å². The number of fused-ring (bicyclic) bond motifs is 1. The number of allylic oxidation sites excluding steroid dienone is 1. The Labute approximate surface area is 74.6 Å². The molecule has 4 heteroatoms. The lowest BCUT2D eigenvalue weighted by atomic mass is 10.3. The zero-order valence-corrected chi connectivity index (χ0v) is 6.84. The molecule has 0 spiro atoms. The number of carbonyl (C=O) groups excluding carboxylic acids is 1. The second-order valence-corrected chi connectivity index (χ2v) is 2.52. The summed E-state index contributed by atoms with van der Waals surface area (Å²) >= 11 is 0. The van der Waals surface area contributed by atoms with Crippen LogP contribution in [0.2, 0.25) is 0 Å². The second kappa shape index (κ2) is 2.82. The molecule has 2 aromatic heterocycles. The molecule has 64 valence electrons. The monoisotopic (exact) mass is 173 g/mol. The Morgan fingerprint density at radius 1 is 1.54 bits per heavy atom. The quantitative estimate of drug-likeness (QED) is 0.504. The Morgan fingerprint density at radius 2 is 2.38 bits per heavy atom. The first kappa shape index (κ1) is 7.67. The Bertz CT molecular complexity index is 472. The summed E-state index contributed by atoms with van der Waals surface area (Å²) in [5.74, 6) is -0.140. The summed E-state index contributed by atoms with van der Waals surface area (Å²) < 4.78 is 1.68. The molecule has 0 radical (unpaired) electrons. The lowest BCUT2D eigenvalue weighted by Gasteiger charge is -1.94.